The highest BCUT2D eigenvalue weighted by atomic mass is 16.4. The highest BCUT2D eigenvalue weighted by molar-refractivity contribution is 5.76. The van der Waals surface area contributed by atoms with Gasteiger partial charge in [-0.3, -0.25) is 4.79 Å². The van der Waals surface area contributed by atoms with E-state index in [9.17, 15) is 9.59 Å². The molecule has 0 aromatic carbocycles. The van der Waals surface area contributed by atoms with Crippen molar-refractivity contribution in [2.75, 3.05) is 19.6 Å². The fraction of sp³-hybridized carbons (Fsp3) is 0.867. The first-order chi connectivity index (χ1) is 9.21. The average molecular weight is 284 g/mol. The minimum absolute atomic E-state index is 0.129. The van der Waals surface area contributed by atoms with Crippen LogP contribution in [0.5, 0.6) is 0 Å². The standard InChI is InChI=1S/C15H28N2O3/c1-11(2)9-12(13(18)19)10-16-14(20)17-7-5-15(3,4)6-8-17/h11-12H,5-10H2,1-4H3,(H,16,20)(H,18,19). The largest absolute Gasteiger partial charge is 0.481 e. The lowest BCUT2D eigenvalue weighted by Crippen LogP contribution is -2.47. The smallest absolute Gasteiger partial charge is 0.317 e. The van der Waals surface area contributed by atoms with E-state index in [0.29, 0.717) is 17.8 Å². The Kier molecular flexibility index (Phi) is 5.84. The van der Waals surface area contributed by atoms with Crippen LogP contribution in [0, 0.1) is 17.3 Å². The molecule has 1 atom stereocenters. The Labute approximate surface area is 121 Å². The number of hydrogen-bond acceptors (Lipinski definition) is 2. The van der Waals surface area contributed by atoms with E-state index in [2.05, 4.69) is 19.2 Å². The van der Waals surface area contributed by atoms with Crippen LogP contribution in [0.25, 0.3) is 0 Å². The molecule has 1 aliphatic rings. The molecular formula is C15H28N2O3. The maximum atomic E-state index is 12.0. The molecule has 1 aliphatic heterocycles. The predicted octanol–water partition coefficient (Wildman–Crippen LogP) is 2.56. The summed E-state index contributed by atoms with van der Waals surface area (Å²) >= 11 is 0. The van der Waals surface area contributed by atoms with Gasteiger partial charge in [-0.25, -0.2) is 4.79 Å². The Bertz CT molecular complexity index is 343. The van der Waals surface area contributed by atoms with Gasteiger partial charge in [0.05, 0.1) is 5.92 Å². The molecular weight excluding hydrogens is 256 g/mol. The number of carboxylic acids is 1. The van der Waals surface area contributed by atoms with Crippen LogP contribution in [0.4, 0.5) is 4.79 Å². The van der Waals surface area contributed by atoms with Gasteiger partial charge in [-0.05, 0) is 30.6 Å². The Morgan fingerprint density at radius 3 is 2.25 bits per heavy atom. The number of nitrogens with zero attached hydrogens (tertiary/aromatic N) is 1. The summed E-state index contributed by atoms with van der Waals surface area (Å²) in [5, 5.41) is 11.9. The molecule has 20 heavy (non-hydrogen) atoms. The number of amides is 2. The van der Waals surface area contributed by atoms with Crippen LogP contribution in [0.15, 0.2) is 0 Å². The number of likely N-dealkylation sites (tertiary alicyclic amines) is 1. The number of urea groups is 1. The Hall–Kier alpha value is -1.26. The molecule has 2 amide bonds. The van der Waals surface area contributed by atoms with E-state index in [4.69, 9.17) is 5.11 Å². The third-order valence-corrected chi connectivity index (χ3v) is 4.01. The molecule has 1 saturated heterocycles. The first-order valence-electron chi connectivity index (χ1n) is 7.47. The molecule has 0 aromatic heterocycles. The molecule has 1 rings (SSSR count). The third-order valence-electron chi connectivity index (χ3n) is 4.01. The topological polar surface area (TPSA) is 69.6 Å². The number of carbonyl (C=O) groups excluding carboxylic acids is 1. The quantitative estimate of drug-likeness (QED) is 0.815. The Morgan fingerprint density at radius 2 is 1.80 bits per heavy atom. The summed E-state index contributed by atoms with van der Waals surface area (Å²) in [6.07, 6.45) is 2.58. The minimum atomic E-state index is -0.834. The van der Waals surface area contributed by atoms with Crippen molar-refractivity contribution in [1.82, 2.24) is 10.2 Å². The monoisotopic (exact) mass is 284 g/mol. The first-order valence-corrected chi connectivity index (χ1v) is 7.47. The average Bonchev–Trinajstić information content (AvgIpc) is 2.33. The molecule has 0 saturated carbocycles. The molecule has 2 N–H and O–H groups in total. The Balaban J connectivity index is 2.40. The Morgan fingerprint density at radius 1 is 1.25 bits per heavy atom. The van der Waals surface area contributed by atoms with Gasteiger partial charge in [0.2, 0.25) is 0 Å². The van der Waals surface area contributed by atoms with Crippen molar-refractivity contribution in [3.05, 3.63) is 0 Å². The molecule has 1 fully saturated rings. The summed E-state index contributed by atoms with van der Waals surface area (Å²) in [6, 6.07) is -0.129. The van der Waals surface area contributed by atoms with Gasteiger partial charge in [0.25, 0.3) is 0 Å². The summed E-state index contributed by atoms with van der Waals surface area (Å²) < 4.78 is 0. The molecule has 0 radical (unpaired) electrons. The van der Waals surface area contributed by atoms with Gasteiger partial charge in [0, 0.05) is 19.6 Å². The lowest BCUT2D eigenvalue weighted by Gasteiger charge is -2.37. The number of aliphatic carboxylic acids is 1. The van der Waals surface area contributed by atoms with Gasteiger partial charge in [-0.2, -0.15) is 0 Å². The first kappa shape index (κ1) is 16.8. The molecule has 5 heteroatoms. The predicted molar refractivity (Wildman–Crippen MR) is 78.6 cm³/mol. The highest BCUT2D eigenvalue weighted by Crippen LogP contribution is 2.29. The van der Waals surface area contributed by atoms with Gasteiger partial charge >= 0.3 is 12.0 Å². The van der Waals surface area contributed by atoms with Crippen LogP contribution in [-0.2, 0) is 4.79 Å². The van der Waals surface area contributed by atoms with E-state index in [-0.39, 0.29) is 12.6 Å². The lowest BCUT2D eigenvalue weighted by atomic mass is 9.83. The summed E-state index contributed by atoms with van der Waals surface area (Å²) in [5.41, 5.74) is 0.304. The van der Waals surface area contributed by atoms with Crippen LogP contribution < -0.4 is 5.32 Å². The summed E-state index contributed by atoms with van der Waals surface area (Å²) in [4.78, 5) is 25.0. The summed E-state index contributed by atoms with van der Waals surface area (Å²) in [5.74, 6) is -1.03. The van der Waals surface area contributed by atoms with Gasteiger partial charge in [-0.15, -0.1) is 0 Å². The van der Waals surface area contributed by atoms with Crippen LogP contribution >= 0.6 is 0 Å². The minimum Gasteiger partial charge on any atom is -0.481 e. The zero-order valence-electron chi connectivity index (χ0n) is 13.1. The maximum absolute atomic E-state index is 12.0. The summed E-state index contributed by atoms with van der Waals surface area (Å²) in [7, 11) is 0. The normalized spacial score (nSPS) is 19.8. The molecule has 0 bridgehead atoms. The van der Waals surface area contributed by atoms with Gasteiger partial charge in [0.1, 0.15) is 0 Å². The number of nitrogens with one attached hydrogen (secondary N) is 1. The second kappa shape index (κ2) is 6.95. The van der Waals surface area contributed by atoms with Crippen molar-refractivity contribution < 1.29 is 14.7 Å². The van der Waals surface area contributed by atoms with Crippen molar-refractivity contribution >= 4 is 12.0 Å². The SMILES string of the molecule is CC(C)CC(CNC(=O)N1CCC(C)(C)CC1)C(=O)O. The third kappa shape index (κ3) is 5.39. The number of hydrogen-bond donors (Lipinski definition) is 2. The maximum Gasteiger partial charge on any atom is 0.317 e. The van der Waals surface area contributed by atoms with E-state index < -0.39 is 11.9 Å². The summed E-state index contributed by atoms with van der Waals surface area (Å²) in [6.45, 7) is 10.1. The second-order valence-corrected chi connectivity index (χ2v) is 7.00. The van der Waals surface area contributed by atoms with Gasteiger partial charge in [-0.1, -0.05) is 27.7 Å². The zero-order chi connectivity index (χ0) is 15.3. The molecule has 5 nitrogen and oxygen atoms in total. The number of piperidine rings is 1. The second-order valence-electron chi connectivity index (χ2n) is 7.00. The van der Waals surface area contributed by atoms with Crippen molar-refractivity contribution in [1.29, 1.82) is 0 Å². The zero-order valence-corrected chi connectivity index (χ0v) is 13.1. The molecule has 0 spiro atoms. The van der Waals surface area contributed by atoms with Gasteiger partial charge < -0.3 is 15.3 Å². The number of carboxylic acid groups (broad SMARTS) is 1. The molecule has 0 aliphatic carbocycles. The highest BCUT2D eigenvalue weighted by Gasteiger charge is 2.28. The van der Waals surface area contributed by atoms with E-state index in [1.165, 1.54) is 0 Å². The number of rotatable bonds is 5. The van der Waals surface area contributed by atoms with E-state index >= 15 is 0 Å². The van der Waals surface area contributed by atoms with Gasteiger partial charge in [0.15, 0.2) is 0 Å². The molecule has 1 heterocycles. The van der Waals surface area contributed by atoms with E-state index in [1.54, 1.807) is 4.90 Å². The molecule has 1 unspecified atom stereocenters. The van der Waals surface area contributed by atoms with Crippen LogP contribution in [0.1, 0.15) is 47.0 Å². The lowest BCUT2D eigenvalue weighted by molar-refractivity contribution is -0.142. The van der Waals surface area contributed by atoms with Crippen molar-refractivity contribution in [2.45, 2.75) is 47.0 Å². The van der Waals surface area contributed by atoms with E-state index in [1.807, 2.05) is 13.8 Å². The van der Waals surface area contributed by atoms with Crippen molar-refractivity contribution in [3.63, 3.8) is 0 Å². The van der Waals surface area contributed by atoms with Crippen LogP contribution in [-0.4, -0.2) is 41.6 Å². The van der Waals surface area contributed by atoms with Crippen LogP contribution in [0.2, 0.25) is 0 Å². The van der Waals surface area contributed by atoms with E-state index in [0.717, 1.165) is 25.9 Å². The molecule has 0 aromatic rings. The fourth-order valence-corrected chi connectivity index (χ4v) is 2.48. The van der Waals surface area contributed by atoms with Crippen molar-refractivity contribution in [2.24, 2.45) is 17.3 Å². The molecule has 116 valence electrons. The van der Waals surface area contributed by atoms with Crippen molar-refractivity contribution in [3.8, 4) is 0 Å². The van der Waals surface area contributed by atoms with Crippen LogP contribution in [0.3, 0.4) is 0 Å². The fourth-order valence-electron chi connectivity index (χ4n) is 2.48. The number of carbonyl (C=O) groups is 2.